The first-order valence-electron chi connectivity index (χ1n) is 13.1. The van der Waals surface area contributed by atoms with Gasteiger partial charge in [-0.25, -0.2) is 9.59 Å². The minimum atomic E-state index is -1.93. The van der Waals surface area contributed by atoms with Gasteiger partial charge in [0.2, 0.25) is 24.1 Å². The van der Waals surface area contributed by atoms with E-state index in [0.29, 0.717) is 0 Å². The Hall–Kier alpha value is -4.55. The van der Waals surface area contributed by atoms with E-state index in [1.54, 1.807) is 20.8 Å². The fourth-order valence-corrected chi connectivity index (χ4v) is 4.37. The van der Waals surface area contributed by atoms with Crippen LogP contribution in [-0.4, -0.2) is 94.5 Å². The Kier molecular flexibility index (Phi) is 10.3. The van der Waals surface area contributed by atoms with Crippen molar-refractivity contribution in [3.8, 4) is 0 Å². The van der Waals surface area contributed by atoms with Gasteiger partial charge in [-0.05, 0) is 20.8 Å². The van der Waals surface area contributed by atoms with Gasteiger partial charge in [-0.3, -0.25) is 33.5 Å². The zero-order valence-electron chi connectivity index (χ0n) is 24.5. The summed E-state index contributed by atoms with van der Waals surface area (Å²) in [5.41, 5.74) is 2.91. The molecule has 0 aliphatic carbocycles. The second-order valence-electron chi connectivity index (χ2n) is 10.8. The number of nitrogens with two attached hydrogens (primary N) is 1. The molecule has 0 radical (unpaired) electrons. The molecule has 242 valence electrons. The molecule has 8 atom stereocenters. The number of aromatic amines is 1. The lowest BCUT2D eigenvalue weighted by Crippen LogP contribution is -2.55. The number of ether oxygens (including phenoxy) is 7. The molecule has 1 aromatic heterocycles. The average molecular weight is 628 g/mol. The molecule has 18 heteroatoms. The Morgan fingerprint density at radius 1 is 1.02 bits per heavy atom. The number of carboxylic acid groups (broad SMARTS) is 1. The molecule has 1 aromatic rings. The van der Waals surface area contributed by atoms with Gasteiger partial charge in [0, 0.05) is 39.3 Å². The van der Waals surface area contributed by atoms with Gasteiger partial charge in [-0.2, -0.15) is 0 Å². The van der Waals surface area contributed by atoms with Crippen molar-refractivity contribution in [3.05, 3.63) is 44.9 Å². The maximum atomic E-state index is 12.9. The van der Waals surface area contributed by atoms with Crippen LogP contribution >= 0.6 is 0 Å². The lowest BCUT2D eigenvalue weighted by molar-refractivity contribution is -0.250. The van der Waals surface area contributed by atoms with Crippen molar-refractivity contribution in [2.24, 2.45) is 11.1 Å². The van der Waals surface area contributed by atoms with Gasteiger partial charge < -0.3 is 44.0 Å². The highest BCUT2D eigenvalue weighted by Crippen LogP contribution is 2.37. The summed E-state index contributed by atoms with van der Waals surface area (Å²) in [6, 6.07) is 0.999. The van der Waals surface area contributed by atoms with Crippen LogP contribution in [0.1, 0.15) is 40.8 Å². The zero-order chi connectivity index (χ0) is 33.1. The molecule has 3 rings (SSSR count). The number of carboxylic acids is 1. The number of aliphatic carboxylic acids is 1. The Balaban J connectivity index is 2.08. The number of carbonyl (C=O) groups excluding carboxylic acids is 4. The molecule has 0 aromatic carbocycles. The maximum absolute atomic E-state index is 12.9. The van der Waals surface area contributed by atoms with E-state index in [9.17, 15) is 38.7 Å². The number of H-pyrrole nitrogens is 1. The predicted molar refractivity (Wildman–Crippen MR) is 141 cm³/mol. The minimum Gasteiger partial charge on any atom is -0.475 e. The largest absolute Gasteiger partial charge is 0.475 e. The Morgan fingerprint density at radius 2 is 1.66 bits per heavy atom. The van der Waals surface area contributed by atoms with Crippen LogP contribution in [0.15, 0.2) is 33.7 Å². The summed E-state index contributed by atoms with van der Waals surface area (Å²) < 4.78 is 39.5. The number of rotatable bonds is 10. The summed E-state index contributed by atoms with van der Waals surface area (Å²) in [7, 11) is 1.18. The molecule has 1 fully saturated rings. The van der Waals surface area contributed by atoms with E-state index >= 15 is 0 Å². The number of primary amides is 1. The van der Waals surface area contributed by atoms with Gasteiger partial charge in [0.1, 0.15) is 12.2 Å². The highest BCUT2D eigenvalue weighted by molar-refractivity contribution is 5.85. The average Bonchev–Trinajstić information content (AvgIpc) is 3.24. The number of nitrogens with zero attached hydrogens (tertiary/aromatic N) is 1. The molecular formula is C26H33N3O15. The molecular weight excluding hydrogens is 594 g/mol. The van der Waals surface area contributed by atoms with E-state index in [-0.39, 0.29) is 0 Å². The van der Waals surface area contributed by atoms with E-state index in [2.05, 4.69) is 0 Å². The quantitative estimate of drug-likeness (QED) is 0.196. The molecule has 0 saturated carbocycles. The second-order valence-corrected chi connectivity index (χ2v) is 10.8. The lowest BCUT2D eigenvalue weighted by Gasteiger charge is -2.37. The monoisotopic (exact) mass is 627 g/mol. The van der Waals surface area contributed by atoms with E-state index in [0.717, 1.165) is 36.8 Å². The number of carbonyl (C=O) groups is 5. The van der Waals surface area contributed by atoms with Crippen LogP contribution < -0.4 is 17.0 Å². The first-order valence-corrected chi connectivity index (χ1v) is 13.1. The van der Waals surface area contributed by atoms with E-state index in [4.69, 9.17) is 38.9 Å². The molecule has 0 bridgehead atoms. The van der Waals surface area contributed by atoms with Crippen LogP contribution in [-0.2, 0) is 57.1 Å². The minimum absolute atomic E-state index is 0.735. The normalized spacial score (nSPS) is 27.3. The summed E-state index contributed by atoms with van der Waals surface area (Å²) in [6.45, 7) is 6.70. The van der Waals surface area contributed by atoms with Crippen LogP contribution in [0.25, 0.3) is 0 Å². The first kappa shape index (κ1) is 33.9. The Bertz CT molecular complexity index is 1440. The van der Waals surface area contributed by atoms with E-state index in [1.807, 2.05) is 4.98 Å². The third-order valence-electron chi connectivity index (χ3n) is 6.30. The van der Waals surface area contributed by atoms with Crippen LogP contribution in [0.4, 0.5) is 0 Å². The number of methoxy groups -OCH3 is 1. The number of amides is 1. The molecule has 4 N–H and O–H groups in total. The van der Waals surface area contributed by atoms with Gasteiger partial charge in [0.25, 0.3) is 5.56 Å². The van der Waals surface area contributed by atoms with Crippen LogP contribution in [0.3, 0.4) is 0 Å². The Labute approximate surface area is 248 Å². The number of aromatic nitrogens is 2. The molecule has 0 spiro atoms. The molecule has 18 nitrogen and oxygen atoms in total. The van der Waals surface area contributed by atoms with E-state index in [1.165, 1.54) is 7.11 Å². The summed E-state index contributed by atoms with van der Waals surface area (Å²) >= 11 is 0. The fraction of sp³-hybridized carbons (Fsp3) is 0.577. The second kappa shape index (κ2) is 13.4. The SMILES string of the molecule is CO[C@H]1[C@@H](OC(=O)C(C)(C)C)[C@H](n2ccc(=O)[nH]c2=O)O[C@@H]1[C@@H](O[C@H]1OC(C(=O)O)=C[C@H](OC(C)=O)[C@@H]1OC(C)=O)C(N)=O. The van der Waals surface area contributed by atoms with Gasteiger partial charge in [-0.15, -0.1) is 0 Å². The number of hydrogen-bond donors (Lipinski definition) is 3. The zero-order valence-corrected chi connectivity index (χ0v) is 24.5. The van der Waals surface area contributed by atoms with Crippen molar-refractivity contribution >= 4 is 29.8 Å². The van der Waals surface area contributed by atoms with Gasteiger partial charge >= 0.3 is 29.6 Å². The van der Waals surface area contributed by atoms with Gasteiger partial charge in [0.05, 0.1) is 5.41 Å². The third kappa shape index (κ3) is 7.69. The van der Waals surface area contributed by atoms with Crippen molar-refractivity contribution in [3.63, 3.8) is 0 Å². The van der Waals surface area contributed by atoms with Crippen molar-refractivity contribution in [1.82, 2.24) is 9.55 Å². The third-order valence-corrected chi connectivity index (χ3v) is 6.30. The Morgan fingerprint density at radius 3 is 2.16 bits per heavy atom. The topological polar surface area (TPSA) is 251 Å². The molecule has 3 heterocycles. The maximum Gasteiger partial charge on any atom is 0.371 e. The smallest absolute Gasteiger partial charge is 0.371 e. The predicted octanol–water partition coefficient (Wildman–Crippen LogP) is -1.53. The molecule has 0 unspecified atom stereocenters. The van der Waals surface area contributed by atoms with Gasteiger partial charge in [-0.1, -0.05) is 0 Å². The van der Waals surface area contributed by atoms with Crippen LogP contribution in [0.2, 0.25) is 0 Å². The molecule has 44 heavy (non-hydrogen) atoms. The van der Waals surface area contributed by atoms with Crippen LogP contribution in [0, 0.1) is 5.41 Å². The molecule has 2 aliphatic rings. The highest BCUT2D eigenvalue weighted by Gasteiger charge is 2.55. The standard InChI is InChI=1S/C26H33N3O15/c1-10(30)39-12-9-13(22(34)35)41-23(15(12)40-11(2)31)43-18(20(27)33)17-16(38-6)19(44-24(36)26(3,4)5)21(42-17)29-8-7-14(32)28-25(29)37/h7-9,12,15-19,21,23H,1-6H3,(H2,27,33)(H,34,35)(H,28,32,37)/t12-,15-,16+,17-,18+,19+,21+,23+/m0/s1. The number of esters is 3. The summed E-state index contributed by atoms with van der Waals surface area (Å²) in [5, 5.41) is 9.56. The fourth-order valence-electron chi connectivity index (χ4n) is 4.37. The summed E-state index contributed by atoms with van der Waals surface area (Å²) in [6.07, 6.45) is -11.0. The van der Waals surface area contributed by atoms with Crippen LogP contribution in [0.5, 0.6) is 0 Å². The lowest BCUT2D eigenvalue weighted by atomic mass is 9.97. The van der Waals surface area contributed by atoms with Crippen molar-refractivity contribution in [1.29, 1.82) is 0 Å². The van der Waals surface area contributed by atoms with Gasteiger partial charge in [0.15, 0.2) is 24.5 Å². The number of hydrogen-bond acceptors (Lipinski definition) is 14. The van der Waals surface area contributed by atoms with Crippen molar-refractivity contribution in [2.45, 2.75) is 83.8 Å². The van der Waals surface area contributed by atoms with Crippen molar-refractivity contribution in [2.75, 3.05) is 7.11 Å². The first-order chi connectivity index (χ1) is 20.4. The summed E-state index contributed by atoms with van der Waals surface area (Å²) in [5.74, 6) is -6.17. The molecule has 1 saturated heterocycles. The highest BCUT2D eigenvalue weighted by atomic mass is 16.7. The van der Waals surface area contributed by atoms with E-state index < -0.39 is 101 Å². The van der Waals surface area contributed by atoms with Crippen molar-refractivity contribution < 1.29 is 62.2 Å². The molecule has 2 aliphatic heterocycles. The number of nitrogens with one attached hydrogen (secondary N) is 1. The summed E-state index contributed by atoms with van der Waals surface area (Å²) in [4.78, 5) is 87.6. The molecule has 1 amide bonds.